The van der Waals surface area contributed by atoms with E-state index in [1.54, 1.807) is 7.11 Å². The number of methoxy groups -OCH3 is 1. The van der Waals surface area contributed by atoms with Gasteiger partial charge in [-0.1, -0.05) is 42.5 Å². The average molecular weight is 261 g/mol. The Kier molecular flexibility index (Phi) is 4.27. The fourth-order valence-corrected chi connectivity index (χ4v) is 2.52. The van der Waals surface area contributed by atoms with Crippen LogP contribution in [0.2, 0.25) is 0 Å². The highest BCUT2D eigenvalue weighted by atomic mass is 35.5. The van der Waals surface area contributed by atoms with Gasteiger partial charge in [-0.3, -0.25) is 0 Å². The van der Waals surface area contributed by atoms with Crippen molar-refractivity contribution in [2.24, 2.45) is 0 Å². The lowest BCUT2D eigenvalue weighted by molar-refractivity contribution is 0.409. The van der Waals surface area contributed by atoms with E-state index in [4.69, 9.17) is 16.3 Å². The molecular weight excluding hydrogens is 244 g/mol. The summed E-state index contributed by atoms with van der Waals surface area (Å²) in [4.78, 5) is 0. The third-order valence-electron chi connectivity index (χ3n) is 3.12. The summed E-state index contributed by atoms with van der Waals surface area (Å²) in [5, 5.41) is -0.0255. The number of benzene rings is 2. The highest BCUT2D eigenvalue weighted by molar-refractivity contribution is 6.21. The van der Waals surface area contributed by atoms with Crippen LogP contribution < -0.4 is 4.74 Å². The number of alkyl halides is 1. The first-order valence-electron chi connectivity index (χ1n) is 6.04. The Morgan fingerprint density at radius 3 is 2.44 bits per heavy atom. The molecule has 0 amide bonds. The first-order valence-corrected chi connectivity index (χ1v) is 6.47. The zero-order valence-corrected chi connectivity index (χ0v) is 11.4. The van der Waals surface area contributed by atoms with Crippen LogP contribution in [0.4, 0.5) is 0 Å². The number of halogens is 1. The molecule has 0 N–H and O–H groups in total. The van der Waals surface area contributed by atoms with Crippen molar-refractivity contribution in [1.82, 2.24) is 0 Å². The smallest absolute Gasteiger partial charge is 0.122 e. The number of aryl methyl sites for hydroxylation is 1. The minimum Gasteiger partial charge on any atom is -0.496 e. The van der Waals surface area contributed by atoms with Crippen LogP contribution in [0.3, 0.4) is 0 Å². The van der Waals surface area contributed by atoms with E-state index < -0.39 is 0 Å². The summed E-state index contributed by atoms with van der Waals surface area (Å²) in [5.74, 6) is 0.900. The van der Waals surface area contributed by atoms with Gasteiger partial charge in [0.2, 0.25) is 0 Å². The fraction of sp³-hybridized carbons (Fsp3) is 0.250. The Morgan fingerprint density at radius 1 is 1.06 bits per heavy atom. The number of hydrogen-bond acceptors (Lipinski definition) is 1. The van der Waals surface area contributed by atoms with E-state index in [1.807, 2.05) is 30.3 Å². The molecule has 0 aliphatic heterocycles. The van der Waals surface area contributed by atoms with Crippen LogP contribution in [0.25, 0.3) is 0 Å². The van der Waals surface area contributed by atoms with E-state index in [2.05, 4.69) is 25.1 Å². The van der Waals surface area contributed by atoms with Crippen LogP contribution in [0.15, 0.2) is 48.5 Å². The minimum absolute atomic E-state index is 0.0255. The summed E-state index contributed by atoms with van der Waals surface area (Å²) in [6, 6.07) is 16.3. The Hall–Kier alpha value is -1.47. The molecule has 0 aliphatic rings. The molecule has 1 nitrogen and oxygen atoms in total. The summed E-state index contributed by atoms with van der Waals surface area (Å²) in [7, 11) is 1.69. The molecule has 0 radical (unpaired) electrons. The molecule has 2 heteroatoms. The van der Waals surface area contributed by atoms with Crippen molar-refractivity contribution in [2.45, 2.75) is 18.7 Å². The van der Waals surface area contributed by atoms with E-state index in [0.29, 0.717) is 0 Å². The van der Waals surface area contributed by atoms with E-state index in [9.17, 15) is 0 Å². The maximum atomic E-state index is 6.52. The second-order valence-corrected chi connectivity index (χ2v) is 4.87. The molecule has 0 heterocycles. The Labute approximate surface area is 113 Å². The first-order chi connectivity index (χ1) is 8.72. The zero-order chi connectivity index (χ0) is 13.0. The molecular formula is C16H17ClO. The van der Waals surface area contributed by atoms with Gasteiger partial charge in [-0.05, 0) is 36.1 Å². The lowest BCUT2D eigenvalue weighted by Gasteiger charge is -2.14. The lowest BCUT2D eigenvalue weighted by atomic mass is 9.99. The maximum Gasteiger partial charge on any atom is 0.122 e. The van der Waals surface area contributed by atoms with Gasteiger partial charge in [-0.25, -0.2) is 0 Å². The van der Waals surface area contributed by atoms with Crippen LogP contribution in [0.5, 0.6) is 5.75 Å². The molecule has 18 heavy (non-hydrogen) atoms. The van der Waals surface area contributed by atoms with E-state index in [0.717, 1.165) is 17.7 Å². The Balaban J connectivity index is 2.21. The standard InChI is InChI=1S/C16H17ClO/c1-12-7-3-5-9-14(12)15(17)11-13-8-4-6-10-16(13)18-2/h3-10,15H,11H2,1-2H3. The van der Waals surface area contributed by atoms with Crippen molar-refractivity contribution in [3.8, 4) is 5.75 Å². The quantitative estimate of drug-likeness (QED) is 0.734. The Morgan fingerprint density at radius 2 is 1.72 bits per heavy atom. The predicted octanol–water partition coefficient (Wildman–Crippen LogP) is 4.53. The lowest BCUT2D eigenvalue weighted by Crippen LogP contribution is -2.00. The summed E-state index contributed by atoms with van der Waals surface area (Å²) in [6.07, 6.45) is 0.774. The van der Waals surface area contributed by atoms with Gasteiger partial charge in [-0.2, -0.15) is 0 Å². The van der Waals surface area contributed by atoms with Crippen LogP contribution in [-0.4, -0.2) is 7.11 Å². The second kappa shape index (κ2) is 5.92. The van der Waals surface area contributed by atoms with Crippen molar-refractivity contribution < 1.29 is 4.74 Å². The van der Waals surface area contributed by atoms with Crippen molar-refractivity contribution in [2.75, 3.05) is 7.11 Å². The van der Waals surface area contributed by atoms with Crippen LogP contribution in [0.1, 0.15) is 22.1 Å². The molecule has 1 unspecified atom stereocenters. The number of ether oxygens (including phenoxy) is 1. The topological polar surface area (TPSA) is 9.23 Å². The van der Waals surface area contributed by atoms with Crippen molar-refractivity contribution in [3.63, 3.8) is 0 Å². The molecule has 0 saturated heterocycles. The van der Waals surface area contributed by atoms with Gasteiger partial charge in [0.1, 0.15) is 5.75 Å². The molecule has 2 aromatic carbocycles. The highest BCUT2D eigenvalue weighted by Gasteiger charge is 2.13. The van der Waals surface area contributed by atoms with E-state index >= 15 is 0 Å². The van der Waals surface area contributed by atoms with Crippen LogP contribution >= 0.6 is 11.6 Å². The monoisotopic (exact) mass is 260 g/mol. The third-order valence-corrected chi connectivity index (χ3v) is 3.51. The summed E-state index contributed by atoms with van der Waals surface area (Å²) in [5.41, 5.74) is 3.56. The average Bonchev–Trinajstić information content (AvgIpc) is 2.39. The van der Waals surface area contributed by atoms with Crippen LogP contribution in [-0.2, 0) is 6.42 Å². The van der Waals surface area contributed by atoms with Gasteiger partial charge in [0, 0.05) is 0 Å². The van der Waals surface area contributed by atoms with Gasteiger partial charge in [-0.15, -0.1) is 11.6 Å². The largest absolute Gasteiger partial charge is 0.496 e. The van der Waals surface area contributed by atoms with Gasteiger partial charge in [0.15, 0.2) is 0 Å². The zero-order valence-electron chi connectivity index (χ0n) is 10.7. The van der Waals surface area contributed by atoms with Crippen molar-refractivity contribution in [3.05, 3.63) is 65.2 Å². The molecule has 2 aromatic rings. The predicted molar refractivity (Wildman–Crippen MR) is 76.5 cm³/mol. The third kappa shape index (κ3) is 2.85. The number of hydrogen-bond donors (Lipinski definition) is 0. The first kappa shape index (κ1) is 13.0. The van der Waals surface area contributed by atoms with Crippen LogP contribution in [0, 0.1) is 6.92 Å². The summed E-state index contributed by atoms with van der Waals surface area (Å²) < 4.78 is 5.35. The maximum absolute atomic E-state index is 6.52. The summed E-state index contributed by atoms with van der Waals surface area (Å²) in [6.45, 7) is 2.09. The molecule has 0 saturated carbocycles. The number of rotatable bonds is 4. The molecule has 0 bridgehead atoms. The molecule has 2 rings (SSSR count). The molecule has 94 valence electrons. The molecule has 0 aliphatic carbocycles. The van der Waals surface area contributed by atoms with Gasteiger partial charge < -0.3 is 4.74 Å². The molecule has 0 aromatic heterocycles. The number of para-hydroxylation sites is 1. The van der Waals surface area contributed by atoms with Gasteiger partial charge >= 0.3 is 0 Å². The second-order valence-electron chi connectivity index (χ2n) is 4.34. The fourth-order valence-electron chi connectivity index (χ4n) is 2.11. The van der Waals surface area contributed by atoms with Gasteiger partial charge in [0.05, 0.1) is 12.5 Å². The van der Waals surface area contributed by atoms with Gasteiger partial charge in [0.25, 0.3) is 0 Å². The molecule has 0 spiro atoms. The highest BCUT2D eigenvalue weighted by Crippen LogP contribution is 2.30. The molecule has 0 fully saturated rings. The molecule has 1 atom stereocenters. The van der Waals surface area contributed by atoms with Crippen molar-refractivity contribution in [1.29, 1.82) is 0 Å². The van der Waals surface area contributed by atoms with E-state index in [1.165, 1.54) is 11.1 Å². The summed E-state index contributed by atoms with van der Waals surface area (Å²) >= 11 is 6.52. The van der Waals surface area contributed by atoms with Crippen molar-refractivity contribution >= 4 is 11.6 Å². The minimum atomic E-state index is -0.0255. The SMILES string of the molecule is COc1ccccc1CC(Cl)c1ccccc1C. The van der Waals surface area contributed by atoms with E-state index in [-0.39, 0.29) is 5.38 Å². The Bertz CT molecular complexity index is 522. The normalized spacial score (nSPS) is 12.2.